The van der Waals surface area contributed by atoms with E-state index in [-0.39, 0.29) is 0 Å². The van der Waals surface area contributed by atoms with Gasteiger partial charge < -0.3 is 9.80 Å². The summed E-state index contributed by atoms with van der Waals surface area (Å²) in [6.07, 6.45) is 8.97. The van der Waals surface area contributed by atoms with Gasteiger partial charge in [0.1, 0.15) is 0 Å². The van der Waals surface area contributed by atoms with Crippen molar-refractivity contribution in [1.82, 2.24) is 9.80 Å². The molecule has 0 rings (SSSR count). The second-order valence-electron chi connectivity index (χ2n) is 4.84. The summed E-state index contributed by atoms with van der Waals surface area (Å²) in [5.74, 6) is 0. The molecular weight excluding hydrogens is 232 g/mol. The van der Waals surface area contributed by atoms with Gasteiger partial charge in [0.25, 0.3) is 0 Å². The molecular formula is C17H28N2. The first-order valence-corrected chi connectivity index (χ1v) is 6.61. The first kappa shape index (κ1) is 17.3. The van der Waals surface area contributed by atoms with Gasteiger partial charge in [-0.05, 0) is 49.8 Å². The van der Waals surface area contributed by atoms with E-state index >= 15 is 0 Å². The minimum absolute atomic E-state index is 0.960. The maximum atomic E-state index is 4.20. The molecule has 0 N–H and O–H groups in total. The number of allylic oxidation sites excluding steroid dienone is 6. The van der Waals surface area contributed by atoms with Gasteiger partial charge in [-0.3, -0.25) is 0 Å². The predicted octanol–water partition coefficient (Wildman–Crippen LogP) is 4.32. The molecule has 0 aromatic carbocycles. The third-order valence-electron chi connectivity index (χ3n) is 3.16. The third-order valence-corrected chi connectivity index (χ3v) is 3.16. The predicted molar refractivity (Wildman–Crippen MR) is 86.7 cm³/mol. The van der Waals surface area contributed by atoms with Crippen molar-refractivity contribution in [3.05, 3.63) is 60.1 Å². The number of hydrogen-bond donors (Lipinski definition) is 0. The quantitative estimate of drug-likeness (QED) is 0.629. The monoisotopic (exact) mass is 260 g/mol. The van der Waals surface area contributed by atoms with Crippen LogP contribution >= 0.6 is 0 Å². The first-order valence-electron chi connectivity index (χ1n) is 6.61. The molecule has 0 aliphatic carbocycles. The van der Waals surface area contributed by atoms with Crippen molar-refractivity contribution in [3.8, 4) is 0 Å². The Morgan fingerprint density at radius 3 is 2.16 bits per heavy atom. The van der Waals surface area contributed by atoms with Gasteiger partial charge in [-0.1, -0.05) is 26.2 Å². The van der Waals surface area contributed by atoms with Gasteiger partial charge in [0.05, 0.1) is 0 Å². The van der Waals surface area contributed by atoms with Crippen LogP contribution < -0.4 is 0 Å². The van der Waals surface area contributed by atoms with Crippen LogP contribution in [0.1, 0.15) is 27.2 Å². The number of hydrogen-bond acceptors (Lipinski definition) is 2. The summed E-state index contributed by atoms with van der Waals surface area (Å²) in [4.78, 5) is 4.16. The topological polar surface area (TPSA) is 6.48 Å². The van der Waals surface area contributed by atoms with E-state index < -0.39 is 0 Å². The van der Waals surface area contributed by atoms with Gasteiger partial charge in [-0.2, -0.15) is 0 Å². The molecule has 0 aromatic rings. The lowest BCUT2D eigenvalue weighted by Crippen LogP contribution is -2.17. The fourth-order valence-electron chi connectivity index (χ4n) is 1.64. The third kappa shape index (κ3) is 5.64. The number of rotatable bonds is 7. The van der Waals surface area contributed by atoms with Crippen LogP contribution in [0.25, 0.3) is 0 Å². The Hall–Kier alpha value is -1.70. The van der Waals surface area contributed by atoms with Crippen molar-refractivity contribution in [2.24, 2.45) is 0 Å². The molecule has 0 aromatic heterocycles. The molecule has 0 amide bonds. The molecule has 106 valence electrons. The Bertz CT molecular complexity index is 409. The summed E-state index contributed by atoms with van der Waals surface area (Å²) in [7, 11) is 6.08. The zero-order chi connectivity index (χ0) is 15.0. The van der Waals surface area contributed by atoms with Crippen LogP contribution in [0, 0.1) is 0 Å². The van der Waals surface area contributed by atoms with Crippen molar-refractivity contribution >= 4 is 0 Å². The van der Waals surface area contributed by atoms with E-state index in [1.807, 2.05) is 44.4 Å². The van der Waals surface area contributed by atoms with E-state index in [0.717, 1.165) is 12.1 Å². The van der Waals surface area contributed by atoms with Crippen LogP contribution in [0.15, 0.2) is 60.1 Å². The highest BCUT2D eigenvalue weighted by Gasteiger charge is 2.09. The summed E-state index contributed by atoms with van der Waals surface area (Å²) in [6, 6.07) is 0. The summed E-state index contributed by atoms with van der Waals surface area (Å²) in [5, 5.41) is 0. The van der Waals surface area contributed by atoms with Crippen molar-refractivity contribution < 1.29 is 0 Å². The molecule has 19 heavy (non-hydrogen) atoms. The van der Waals surface area contributed by atoms with Gasteiger partial charge in [-0.25, -0.2) is 0 Å². The lowest BCUT2D eigenvalue weighted by molar-refractivity contribution is 0.510. The molecule has 2 heteroatoms. The fourth-order valence-corrected chi connectivity index (χ4v) is 1.64. The molecule has 0 unspecified atom stereocenters. The van der Waals surface area contributed by atoms with Gasteiger partial charge in [0.2, 0.25) is 0 Å². The number of likely N-dealkylation sites (N-methyl/N-ethyl adjacent to an activating group) is 1. The Morgan fingerprint density at radius 1 is 1.16 bits per heavy atom. The highest BCUT2D eigenvalue weighted by molar-refractivity contribution is 5.37. The van der Waals surface area contributed by atoms with E-state index in [1.54, 1.807) is 0 Å². The standard InChI is InChI=1S/C17H28N2/c1-9-11-17(10-2)19(8)16(5)15(4)14(3)12-13-18(6)7/h9,11-13H,1,5,10H2,2-4,6-8H3/b13-12-,15-14+,17-11+. The largest absolute Gasteiger partial charge is 0.383 e. The minimum Gasteiger partial charge on any atom is -0.383 e. The van der Waals surface area contributed by atoms with Gasteiger partial charge >= 0.3 is 0 Å². The van der Waals surface area contributed by atoms with E-state index in [2.05, 4.69) is 44.9 Å². The molecule has 0 heterocycles. The molecule has 0 saturated heterocycles. The molecule has 0 saturated carbocycles. The smallest absolute Gasteiger partial charge is 0.0364 e. The lowest BCUT2D eigenvalue weighted by atomic mass is 10.1. The molecule has 0 aliphatic heterocycles. The Balaban J connectivity index is 5.14. The fraction of sp³-hybridized carbons (Fsp3) is 0.412. The van der Waals surface area contributed by atoms with Crippen molar-refractivity contribution in [1.29, 1.82) is 0 Å². The molecule has 0 radical (unpaired) electrons. The zero-order valence-electron chi connectivity index (χ0n) is 13.3. The van der Waals surface area contributed by atoms with E-state index in [0.29, 0.717) is 0 Å². The van der Waals surface area contributed by atoms with Gasteiger partial charge in [0, 0.05) is 32.5 Å². The Morgan fingerprint density at radius 2 is 1.74 bits per heavy atom. The summed E-state index contributed by atoms with van der Waals surface area (Å²) >= 11 is 0. The normalized spacial score (nSPS) is 13.3. The summed E-state index contributed by atoms with van der Waals surface area (Å²) in [5.41, 5.74) is 4.66. The van der Waals surface area contributed by atoms with E-state index in [9.17, 15) is 0 Å². The highest BCUT2D eigenvalue weighted by atomic mass is 15.1. The Labute approximate surface area is 119 Å². The molecule has 0 fully saturated rings. The maximum Gasteiger partial charge on any atom is 0.0364 e. The van der Waals surface area contributed by atoms with Gasteiger partial charge in [-0.15, -0.1) is 0 Å². The van der Waals surface area contributed by atoms with E-state index in [1.165, 1.54) is 16.8 Å². The summed E-state index contributed by atoms with van der Waals surface area (Å²) < 4.78 is 0. The van der Waals surface area contributed by atoms with E-state index in [4.69, 9.17) is 0 Å². The van der Waals surface area contributed by atoms with Crippen LogP contribution in [-0.4, -0.2) is 30.9 Å². The molecule has 2 nitrogen and oxygen atoms in total. The van der Waals surface area contributed by atoms with Crippen molar-refractivity contribution in [2.75, 3.05) is 21.1 Å². The van der Waals surface area contributed by atoms with Gasteiger partial charge in [0.15, 0.2) is 0 Å². The average Bonchev–Trinajstić information content (AvgIpc) is 2.39. The average molecular weight is 260 g/mol. The zero-order valence-corrected chi connectivity index (χ0v) is 13.3. The van der Waals surface area contributed by atoms with Crippen LogP contribution in [0.5, 0.6) is 0 Å². The van der Waals surface area contributed by atoms with Crippen LogP contribution in [0.2, 0.25) is 0 Å². The SMILES string of the molecule is C=C/C=C(\CC)N(C)C(=C)/C(C)=C(C)/C=C\N(C)C. The molecule has 0 spiro atoms. The minimum atomic E-state index is 0.960. The Kier molecular flexibility index (Phi) is 7.66. The van der Waals surface area contributed by atoms with Crippen LogP contribution in [-0.2, 0) is 0 Å². The number of nitrogens with zero attached hydrogens (tertiary/aromatic N) is 2. The van der Waals surface area contributed by atoms with Crippen molar-refractivity contribution in [3.63, 3.8) is 0 Å². The lowest BCUT2D eigenvalue weighted by Gasteiger charge is -2.25. The van der Waals surface area contributed by atoms with Crippen LogP contribution in [0.3, 0.4) is 0 Å². The van der Waals surface area contributed by atoms with Crippen molar-refractivity contribution in [2.45, 2.75) is 27.2 Å². The highest BCUT2D eigenvalue weighted by Crippen LogP contribution is 2.21. The molecule has 0 atom stereocenters. The molecule has 0 aliphatic rings. The first-order chi connectivity index (χ1) is 8.84. The summed E-state index contributed by atoms with van der Waals surface area (Å²) in [6.45, 7) is 14.3. The second kappa shape index (κ2) is 8.41. The second-order valence-corrected chi connectivity index (χ2v) is 4.84. The molecule has 0 bridgehead atoms. The maximum absolute atomic E-state index is 4.20. The van der Waals surface area contributed by atoms with Crippen LogP contribution in [0.4, 0.5) is 0 Å².